The second-order valence-corrected chi connectivity index (χ2v) is 5.08. The topological polar surface area (TPSA) is 32.3 Å². The van der Waals surface area contributed by atoms with Crippen LogP contribution in [-0.4, -0.2) is 17.8 Å². The van der Waals surface area contributed by atoms with E-state index in [1.54, 1.807) is 11.3 Å². The third-order valence-corrected chi connectivity index (χ3v) is 4.04. The fraction of sp³-hybridized carbons (Fsp3) is 0.667. The van der Waals surface area contributed by atoms with Gasteiger partial charge in [0.1, 0.15) is 0 Å². The lowest BCUT2D eigenvalue weighted by Crippen LogP contribution is -2.37. The lowest BCUT2D eigenvalue weighted by atomic mass is 10.00. The summed E-state index contributed by atoms with van der Waals surface area (Å²) in [7, 11) is 0. The minimum absolute atomic E-state index is 0.219. The summed E-state index contributed by atoms with van der Waals surface area (Å²) in [4.78, 5) is 1.37. The predicted octanol–water partition coefficient (Wildman–Crippen LogP) is 2.55. The van der Waals surface area contributed by atoms with E-state index in [2.05, 4.69) is 37.5 Å². The Labute approximate surface area is 96.3 Å². The highest BCUT2D eigenvalue weighted by Crippen LogP contribution is 2.16. The van der Waals surface area contributed by atoms with Gasteiger partial charge in [-0.05, 0) is 29.9 Å². The van der Waals surface area contributed by atoms with E-state index in [9.17, 15) is 5.11 Å². The summed E-state index contributed by atoms with van der Waals surface area (Å²) in [5.74, 6) is 0.523. The lowest BCUT2D eigenvalue weighted by Gasteiger charge is -2.22. The van der Waals surface area contributed by atoms with E-state index in [0.29, 0.717) is 5.92 Å². The van der Waals surface area contributed by atoms with Gasteiger partial charge < -0.3 is 10.4 Å². The molecule has 1 heterocycles. The average Bonchev–Trinajstić information content (AvgIpc) is 2.65. The van der Waals surface area contributed by atoms with Gasteiger partial charge in [-0.1, -0.05) is 20.3 Å². The molecule has 0 saturated carbocycles. The van der Waals surface area contributed by atoms with Crippen molar-refractivity contribution in [3.05, 3.63) is 21.9 Å². The Morgan fingerprint density at radius 3 is 2.73 bits per heavy atom. The maximum Gasteiger partial charge on any atom is 0.0587 e. The van der Waals surface area contributed by atoms with Crippen LogP contribution in [-0.2, 0) is 6.54 Å². The number of hydrogen-bond donors (Lipinski definition) is 2. The molecule has 15 heavy (non-hydrogen) atoms. The minimum Gasteiger partial charge on any atom is -0.395 e. The third-order valence-electron chi connectivity index (χ3n) is 3.02. The number of nitrogens with one attached hydrogen (secondary N) is 1. The zero-order valence-electron chi connectivity index (χ0n) is 9.79. The molecule has 0 aliphatic carbocycles. The van der Waals surface area contributed by atoms with Gasteiger partial charge in [0.05, 0.1) is 6.61 Å². The highest BCUT2D eigenvalue weighted by Gasteiger charge is 2.14. The molecule has 86 valence electrons. The Bertz CT molecular complexity index is 285. The summed E-state index contributed by atoms with van der Waals surface area (Å²) in [5, 5.41) is 14.8. The molecule has 1 aromatic heterocycles. The third kappa shape index (κ3) is 3.59. The van der Waals surface area contributed by atoms with Gasteiger partial charge in [0, 0.05) is 17.5 Å². The summed E-state index contributed by atoms with van der Waals surface area (Å²) < 4.78 is 0. The average molecular weight is 227 g/mol. The second kappa shape index (κ2) is 6.26. The molecule has 2 N–H and O–H groups in total. The normalized spacial score (nSPS) is 15.2. The van der Waals surface area contributed by atoms with Gasteiger partial charge in [-0.15, -0.1) is 11.3 Å². The molecule has 0 aromatic carbocycles. The van der Waals surface area contributed by atoms with Gasteiger partial charge in [-0.25, -0.2) is 0 Å². The first-order valence-corrected chi connectivity index (χ1v) is 6.44. The van der Waals surface area contributed by atoms with Crippen LogP contribution in [0, 0.1) is 12.8 Å². The molecule has 2 nitrogen and oxygen atoms in total. The SMILES string of the molecule is CCC(C)C(CO)NCc1sccc1C. The number of aryl methyl sites for hydroxylation is 1. The van der Waals surface area contributed by atoms with E-state index in [1.165, 1.54) is 10.4 Å². The minimum atomic E-state index is 0.219. The lowest BCUT2D eigenvalue weighted by molar-refractivity contribution is 0.201. The Balaban J connectivity index is 2.44. The van der Waals surface area contributed by atoms with Crippen molar-refractivity contribution in [3.63, 3.8) is 0 Å². The van der Waals surface area contributed by atoms with Crippen molar-refractivity contribution in [1.82, 2.24) is 5.32 Å². The van der Waals surface area contributed by atoms with E-state index in [0.717, 1.165) is 13.0 Å². The number of hydrogen-bond acceptors (Lipinski definition) is 3. The van der Waals surface area contributed by atoms with Crippen LogP contribution >= 0.6 is 11.3 Å². The van der Waals surface area contributed by atoms with E-state index >= 15 is 0 Å². The molecule has 0 radical (unpaired) electrons. The van der Waals surface area contributed by atoms with Gasteiger partial charge in [-0.2, -0.15) is 0 Å². The van der Waals surface area contributed by atoms with Gasteiger partial charge >= 0.3 is 0 Å². The zero-order valence-corrected chi connectivity index (χ0v) is 10.6. The van der Waals surface area contributed by atoms with Crippen molar-refractivity contribution >= 4 is 11.3 Å². The number of aliphatic hydroxyl groups excluding tert-OH is 1. The fourth-order valence-corrected chi connectivity index (χ4v) is 2.40. The van der Waals surface area contributed by atoms with Crippen LogP contribution in [0.15, 0.2) is 11.4 Å². The summed E-state index contributed by atoms with van der Waals surface area (Å²) >= 11 is 1.78. The molecule has 0 amide bonds. The van der Waals surface area contributed by atoms with Crippen molar-refractivity contribution in [3.8, 4) is 0 Å². The molecular weight excluding hydrogens is 206 g/mol. The summed E-state index contributed by atoms with van der Waals surface area (Å²) in [5.41, 5.74) is 1.34. The van der Waals surface area contributed by atoms with E-state index < -0.39 is 0 Å². The zero-order chi connectivity index (χ0) is 11.3. The molecule has 0 bridgehead atoms. The van der Waals surface area contributed by atoms with Crippen molar-refractivity contribution < 1.29 is 5.11 Å². The molecule has 0 aliphatic heterocycles. The monoisotopic (exact) mass is 227 g/mol. The molecule has 3 heteroatoms. The number of aliphatic hydroxyl groups is 1. The van der Waals surface area contributed by atoms with Crippen LogP contribution in [0.4, 0.5) is 0 Å². The molecule has 2 unspecified atom stereocenters. The quantitative estimate of drug-likeness (QED) is 0.783. The van der Waals surface area contributed by atoms with Crippen LogP contribution in [0.5, 0.6) is 0 Å². The molecule has 0 fully saturated rings. The molecular formula is C12H21NOS. The van der Waals surface area contributed by atoms with Crippen LogP contribution in [0.2, 0.25) is 0 Å². The first kappa shape index (κ1) is 12.7. The van der Waals surface area contributed by atoms with Crippen molar-refractivity contribution in [1.29, 1.82) is 0 Å². The van der Waals surface area contributed by atoms with E-state index in [-0.39, 0.29) is 12.6 Å². The Morgan fingerprint density at radius 2 is 2.27 bits per heavy atom. The van der Waals surface area contributed by atoms with Crippen LogP contribution in [0.25, 0.3) is 0 Å². The Kier molecular flexibility index (Phi) is 5.29. The largest absolute Gasteiger partial charge is 0.395 e. The summed E-state index contributed by atoms with van der Waals surface area (Å²) in [6.45, 7) is 7.56. The maximum atomic E-state index is 9.27. The fourth-order valence-electron chi connectivity index (χ4n) is 1.54. The molecule has 1 aromatic rings. The molecule has 1 rings (SSSR count). The van der Waals surface area contributed by atoms with Gasteiger partial charge in [0.25, 0.3) is 0 Å². The van der Waals surface area contributed by atoms with Gasteiger partial charge in [0.15, 0.2) is 0 Å². The summed E-state index contributed by atoms with van der Waals surface area (Å²) in [6.07, 6.45) is 1.10. The number of thiophene rings is 1. The Hall–Kier alpha value is -0.380. The molecule has 2 atom stereocenters. The molecule has 0 spiro atoms. The highest BCUT2D eigenvalue weighted by molar-refractivity contribution is 7.10. The van der Waals surface area contributed by atoms with Crippen molar-refractivity contribution in [2.24, 2.45) is 5.92 Å². The van der Waals surface area contributed by atoms with Crippen LogP contribution < -0.4 is 5.32 Å². The van der Waals surface area contributed by atoms with Crippen molar-refractivity contribution in [2.75, 3.05) is 6.61 Å². The van der Waals surface area contributed by atoms with Gasteiger partial charge in [-0.3, -0.25) is 0 Å². The smallest absolute Gasteiger partial charge is 0.0587 e. The molecule has 0 aliphatic rings. The van der Waals surface area contributed by atoms with E-state index in [4.69, 9.17) is 0 Å². The maximum absolute atomic E-state index is 9.27. The standard InChI is InChI=1S/C12H21NOS/c1-4-9(2)11(8-14)13-7-12-10(3)5-6-15-12/h5-6,9,11,13-14H,4,7-8H2,1-3H3. The predicted molar refractivity (Wildman–Crippen MR) is 66.2 cm³/mol. The van der Waals surface area contributed by atoms with Crippen LogP contribution in [0.1, 0.15) is 30.7 Å². The summed E-state index contributed by atoms with van der Waals surface area (Å²) in [6, 6.07) is 2.36. The first-order valence-electron chi connectivity index (χ1n) is 5.56. The van der Waals surface area contributed by atoms with Crippen molar-refractivity contribution in [2.45, 2.75) is 39.8 Å². The Morgan fingerprint density at radius 1 is 1.53 bits per heavy atom. The second-order valence-electron chi connectivity index (χ2n) is 4.08. The van der Waals surface area contributed by atoms with Gasteiger partial charge in [0.2, 0.25) is 0 Å². The van der Waals surface area contributed by atoms with Crippen LogP contribution in [0.3, 0.4) is 0 Å². The number of rotatable bonds is 6. The first-order chi connectivity index (χ1) is 7.19. The molecule has 0 saturated heterocycles. The highest BCUT2D eigenvalue weighted by atomic mass is 32.1. The van der Waals surface area contributed by atoms with E-state index in [1.807, 2.05) is 0 Å².